The fourth-order valence-corrected chi connectivity index (χ4v) is 8.08. The average Bonchev–Trinajstić information content (AvgIpc) is 3.01. The summed E-state index contributed by atoms with van der Waals surface area (Å²) >= 11 is 0. The number of aromatic hydroxyl groups is 3. The second kappa shape index (κ2) is 15.1. The Bertz CT molecular complexity index is 1610. The molecule has 0 unspecified atom stereocenters. The second-order valence-corrected chi connectivity index (χ2v) is 13.6. The third-order valence-corrected chi connectivity index (χ3v) is 10.4. The van der Waals surface area contributed by atoms with Crippen LogP contribution in [0.1, 0.15) is 55.0 Å². The van der Waals surface area contributed by atoms with Crippen molar-refractivity contribution in [1.29, 1.82) is 0 Å². The van der Waals surface area contributed by atoms with E-state index in [0.29, 0.717) is 24.3 Å². The van der Waals surface area contributed by atoms with Crippen LogP contribution in [0.2, 0.25) is 0 Å². The average molecular weight is 634 g/mol. The van der Waals surface area contributed by atoms with Gasteiger partial charge in [0.05, 0.1) is 13.2 Å². The number of Topliss-reactive ketones (excluding diaryl/α,β-unsaturated/α-hetero) is 1. The number of carbonyl (C=O) groups excluding carboxylic acids is 1. The van der Waals surface area contributed by atoms with Gasteiger partial charge in [0.1, 0.15) is 23.5 Å². The molecule has 44 heavy (non-hydrogen) atoms. The van der Waals surface area contributed by atoms with Crippen molar-refractivity contribution in [3.8, 4) is 34.1 Å². The first-order valence-electron chi connectivity index (χ1n) is 14.9. The monoisotopic (exact) mass is 633 g/mol. The van der Waals surface area contributed by atoms with Crippen LogP contribution in [0.4, 0.5) is 0 Å². The number of methoxy groups -OCH3 is 1. The number of phenols is 3. The van der Waals surface area contributed by atoms with Crippen LogP contribution in [-0.4, -0.2) is 47.1 Å². The van der Waals surface area contributed by atoms with Gasteiger partial charge in [-0.25, -0.2) is 0 Å². The van der Waals surface area contributed by atoms with Gasteiger partial charge < -0.3 is 24.8 Å². The van der Waals surface area contributed by atoms with Gasteiger partial charge in [-0.1, -0.05) is 64.4 Å². The minimum Gasteiger partial charge on any atom is -0.508 e. The number of nitrogens with one attached hydrogen (secondary N) is 1. The summed E-state index contributed by atoms with van der Waals surface area (Å²) in [6, 6.07) is 19.9. The standard InChI is InChI=1S/C35H39NO6S2/c1-36-35(24-6-5-7-25(37)18-24)42-28-8-3-4-17-43-44-21-31-29(15-11-22-9-13-27(39)20-30(22)31)33-23(10-14-26(38)19-28)12-16-32(40)34(33)41-2/h5-7,9,11-13,15-16,18,20,28,35-37,39-40H,3-4,8,10,14,17,19,21H2,1-2H3/t28-,35-/m1/s1. The summed E-state index contributed by atoms with van der Waals surface area (Å²) in [5.74, 6) is 2.51. The molecule has 9 heteroatoms. The Labute approximate surface area is 266 Å². The van der Waals surface area contributed by atoms with Crippen LogP contribution in [0, 0.1) is 0 Å². The Hall–Kier alpha value is -3.37. The number of phenolic OH excluding ortho intramolecular Hbond substituents is 3. The molecule has 0 amide bonds. The summed E-state index contributed by atoms with van der Waals surface area (Å²) in [7, 11) is 6.93. The molecule has 0 bridgehead atoms. The molecule has 232 valence electrons. The second-order valence-electron chi connectivity index (χ2n) is 11.0. The fourth-order valence-electron chi connectivity index (χ4n) is 5.82. The van der Waals surface area contributed by atoms with E-state index in [1.807, 2.05) is 31.3 Å². The van der Waals surface area contributed by atoms with Crippen molar-refractivity contribution in [2.45, 2.75) is 56.6 Å². The number of ether oxygens (including phenoxy) is 2. The van der Waals surface area contributed by atoms with Gasteiger partial charge in [-0.05, 0) is 89.7 Å². The van der Waals surface area contributed by atoms with Crippen molar-refractivity contribution in [3.05, 3.63) is 83.4 Å². The molecule has 0 radical (unpaired) electrons. The molecular formula is C35H39NO6S2. The smallest absolute Gasteiger partial charge is 0.168 e. The van der Waals surface area contributed by atoms with Gasteiger partial charge in [0.2, 0.25) is 0 Å². The molecule has 0 fully saturated rings. The summed E-state index contributed by atoms with van der Waals surface area (Å²) in [6.45, 7) is 0. The first kappa shape index (κ1) is 32.0. The number of aryl methyl sites for hydroxylation is 1. The van der Waals surface area contributed by atoms with Gasteiger partial charge in [-0.15, -0.1) is 0 Å². The normalized spacial score (nSPS) is 17.5. The summed E-state index contributed by atoms with van der Waals surface area (Å²) in [4.78, 5) is 13.5. The Morgan fingerprint density at radius 1 is 0.932 bits per heavy atom. The number of carbonyl (C=O) groups is 1. The van der Waals surface area contributed by atoms with E-state index < -0.39 is 6.23 Å². The van der Waals surface area contributed by atoms with Gasteiger partial charge in [0.15, 0.2) is 11.5 Å². The van der Waals surface area contributed by atoms with Gasteiger partial charge in [-0.2, -0.15) is 0 Å². The predicted molar refractivity (Wildman–Crippen MR) is 180 cm³/mol. The maximum Gasteiger partial charge on any atom is 0.168 e. The lowest BCUT2D eigenvalue weighted by Crippen LogP contribution is -2.27. The van der Waals surface area contributed by atoms with Gasteiger partial charge in [0.25, 0.3) is 0 Å². The zero-order chi connectivity index (χ0) is 31.1. The Balaban J connectivity index is 1.48. The van der Waals surface area contributed by atoms with E-state index >= 15 is 0 Å². The van der Waals surface area contributed by atoms with E-state index in [1.54, 1.807) is 65.1 Å². The predicted octanol–water partition coefficient (Wildman–Crippen LogP) is 7.89. The molecule has 0 aliphatic carbocycles. The first-order chi connectivity index (χ1) is 21.4. The summed E-state index contributed by atoms with van der Waals surface area (Å²) in [5, 5.41) is 36.3. The van der Waals surface area contributed by atoms with Gasteiger partial charge in [0, 0.05) is 29.9 Å². The maximum atomic E-state index is 13.5. The topological polar surface area (TPSA) is 108 Å². The minimum absolute atomic E-state index is 0.0366. The van der Waals surface area contributed by atoms with Crippen molar-refractivity contribution in [1.82, 2.24) is 5.32 Å². The third-order valence-electron chi connectivity index (χ3n) is 8.00. The molecule has 1 aliphatic rings. The van der Waals surface area contributed by atoms with Crippen LogP contribution in [0.5, 0.6) is 23.0 Å². The molecule has 0 aromatic heterocycles. The number of hydrogen-bond acceptors (Lipinski definition) is 9. The van der Waals surface area contributed by atoms with Crippen LogP contribution in [0.3, 0.4) is 0 Å². The van der Waals surface area contributed by atoms with E-state index in [4.69, 9.17) is 9.47 Å². The number of fused-ring (bicyclic) bond motifs is 5. The molecule has 7 nitrogen and oxygen atoms in total. The highest BCUT2D eigenvalue weighted by atomic mass is 33.1. The molecule has 1 heterocycles. The molecule has 1 aliphatic heterocycles. The molecule has 0 spiro atoms. The summed E-state index contributed by atoms with van der Waals surface area (Å²) in [5.41, 5.74) is 4.45. The maximum absolute atomic E-state index is 13.5. The van der Waals surface area contributed by atoms with E-state index in [2.05, 4.69) is 11.4 Å². The van der Waals surface area contributed by atoms with E-state index in [0.717, 1.165) is 63.6 Å². The highest BCUT2D eigenvalue weighted by Gasteiger charge is 2.24. The highest BCUT2D eigenvalue weighted by molar-refractivity contribution is 8.76. The lowest BCUT2D eigenvalue weighted by Gasteiger charge is -2.25. The molecule has 0 saturated carbocycles. The van der Waals surface area contributed by atoms with Crippen LogP contribution in [0.15, 0.2) is 66.7 Å². The highest BCUT2D eigenvalue weighted by Crippen LogP contribution is 2.45. The van der Waals surface area contributed by atoms with Crippen LogP contribution < -0.4 is 10.1 Å². The zero-order valence-corrected chi connectivity index (χ0v) is 26.7. The molecule has 4 aromatic rings. The van der Waals surface area contributed by atoms with Crippen molar-refractivity contribution in [3.63, 3.8) is 0 Å². The Kier molecular flexibility index (Phi) is 11.0. The quantitative estimate of drug-likeness (QED) is 0.129. The fraction of sp³-hybridized carbons (Fsp3) is 0.343. The molecule has 2 atom stereocenters. The largest absolute Gasteiger partial charge is 0.508 e. The van der Waals surface area contributed by atoms with Crippen molar-refractivity contribution < 1.29 is 29.6 Å². The van der Waals surface area contributed by atoms with Crippen LogP contribution in [-0.2, 0) is 21.7 Å². The molecule has 4 N–H and O–H groups in total. The molecule has 5 rings (SSSR count). The summed E-state index contributed by atoms with van der Waals surface area (Å²) in [6.07, 6.45) is 2.99. The minimum atomic E-state index is -0.450. The summed E-state index contributed by atoms with van der Waals surface area (Å²) < 4.78 is 12.2. The van der Waals surface area contributed by atoms with E-state index in [1.165, 1.54) is 0 Å². The van der Waals surface area contributed by atoms with Gasteiger partial charge >= 0.3 is 0 Å². The third kappa shape index (κ3) is 7.64. The number of hydrogen-bond donors (Lipinski definition) is 4. The van der Waals surface area contributed by atoms with Crippen LogP contribution in [0.25, 0.3) is 21.9 Å². The van der Waals surface area contributed by atoms with Gasteiger partial charge in [-0.3, -0.25) is 10.1 Å². The van der Waals surface area contributed by atoms with E-state index in [9.17, 15) is 20.1 Å². The van der Waals surface area contributed by atoms with E-state index in [-0.39, 0.29) is 35.6 Å². The molecule has 0 saturated heterocycles. The Morgan fingerprint density at radius 2 is 1.75 bits per heavy atom. The number of benzene rings is 4. The SMILES string of the molecule is CN[C@H](O[C@@H]1CCCCSSCc2c(ccc3ccc(O)cc23)-c2c(ccc(O)c2OC)CCC(=O)C1)c1cccc(O)c1. The van der Waals surface area contributed by atoms with Crippen molar-refractivity contribution in [2.24, 2.45) is 0 Å². The number of ketones is 1. The first-order valence-corrected chi connectivity index (χ1v) is 17.4. The Morgan fingerprint density at radius 3 is 2.55 bits per heavy atom. The van der Waals surface area contributed by atoms with Crippen molar-refractivity contribution >= 4 is 38.1 Å². The molecule has 4 aromatic carbocycles. The van der Waals surface area contributed by atoms with Crippen molar-refractivity contribution in [2.75, 3.05) is 19.9 Å². The zero-order valence-electron chi connectivity index (χ0n) is 25.0. The number of rotatable bonds is 5. The lowest BCUT2D eigenvalue weighted by atomic mass is 9.89. The molecular weight excluding hydrogens is 595 g/mol. The lowest BCUT2D eigenvalue weighted by molar-refractivity contribution is -0.124. The van der Waals surface area contributed by atoms with Crippen LogP contribution >= 0.6 is 21.6 Å².